The van der Waals surface area contributed by atoms with Gasteiger partial charge in [-0.15, -0.1) is 0 Å². The fraction of sp³-hybridized carbons (Fsp3) is 0.417. The number of fused-ring (bicyclic) bond motifs is 1. The maximum absolute atomic E-state index is 11.6. The summed E-state index contributed by atoms with van der Waals surface area (Å²) in [6.07, 6.45) is 3.70. The molecule has 1 N–H and O–H groups in total. The lowest BCUT2D eigenvalue weighted by Gasteiger charge is -2.05. The maximum atomic E-state index is 11.6. The highest BCUT2D eigenvalue weighted by molar-refractivity contribution is 5.97. The van der Waals surface area contributed by atoms with Crippen LogP contribution in [0, 0.1) is 0 Å². The highest BCUT2D eigenvalue weighted by Gasteiger charge is 2.15. The first-order valence-electron chi connectivity index (χ1n) is 5.07. The van der Waals surface area contributed by atoms with Gasteiger partial charge in [-0.2, -0.15) is 0 Å². The van der Waals surface area contributed by atoms with Gasteiger partial charge in [0, 0.05) is 12.0 Å². The first kappa shape index (κ1) is 9.41. The van der Waals surface area contributed by atoms with Crippen molar-refractivity contribution in [2.75, 3.05) is 0 Å². The molecule has 2 heteroatoms. The van der Waals surface area contributed by atoms with Crippen molar-refractivity contribution in [3.8, 4) is 0 Å². The van der Waals surface area contributed by atoms with Gasteiger partial charge in [-0.25, -0.2) is 0 Å². The minimum Gasteiger partial charge on any atom is -0.392 e. The van der Waals surface area contributed by atoms with Crippen molar-refractivity contribution >= 4 is 5.78 Å². The minimum absolute atomic E-state index is 0.0570. The summed E-state index contributed by atoms with van der Waals surface area (Å²) in [7, 11) is 0. The molecule has 0 unspecified atom stereocenters. The van der Waals surface area contributed by atoms with Crippen LogP contribution in [-0.4, -0.2) is 10.9 Å². The number of rotatable bonds is 1. The summed E-state index contributed by atoms with van der Waals surface area (Å²) in [5.41, 5.74) is 2.87. The minimum atomic E-state index is 0.0570. The number of hydrogen-bond acceptors (Lipinski definition) is 2. The third kappa shape index (κ3) is 1.70. The molecule has 0 atom stereocenters. The lowest BCUT2D eigenvalue weighted by molar-refractivity contribution is 0.0982. The van der Waals surface area contributed by atoms with E-state index in [1.54, 1.807) is 0 Å². The first-order valence-corrected chi connectivity index (χ1v) is 5.07. The van der Waals surface area contributed by atoms with E-state index < -0.39 is 0 Å². The highest BCUT2D eigenvalue weighted by Crippen LogP contribution is 2.21. The molecule has 74 valence electrons. The van der Waals surface area contributed by atoms with Crippen molar-refractivity contribution in [3.05, 3.63) is 34.9 Å². The summed E-state index contributed by atoms with van der Waals surface area (Å²) < 4.78 is 0. The largest absolute Gasteiger partial charge is 0.392 e. The summed E-state index contributed by atoms with van der Waals surface area (Å²) in [4.78, 5) is 11.6. The van der Waals surface area contributed by atoms with Crippen molar-refractivity contribution in [1.29, 1.82) is 0 Å². The molecule has 0 radical (unpaired) electrons. The zero-order valence-corrected chi connectivity index (χ0v) is 8.12. The van der Waals surface area contributed by atoms with Crippen LogP contribution in [0.25, 0.3) is 0 Å². The number of aliphatic hydroxyl groups excluding tert-OH is 1. The molecule has 1 aliphatic carbocycles. The van der Waals surface area contributed by atoms with E-state index in [2.05, 4.69) is 0 Å². The smallest absolute Gasteiger partial charge is 0.163 e. The van der Waals surface area contributed by atoms with Gasteiger partial charge < -0.3 is 5.11 Å². The third-order valence-electron chi connectivity index (χ3n) is 2.75. The average Bonchev–Trinajstić information content (AvgIpc) is 2.40. The molecule has 0 saturated heterocycles. The molecule has 2 rings (SSSR count). The topological polar surface area (TPSA) is 37.3 Å². The second kappa shape index (κ2) is 3.93. The molecule has 0 amide bonds. The number of carbonyl (C=O) groups excluding carboxylic acids is 1. The Morgan fingerprint density at radius 2 is 2.00 bits per heavy atom. The van der Waals surface area contributed by atoms with E-state index in [0.29, 0.717) is 6.42 Å². The van der Waals surface area contributed by atoms with Crippen LogP contribution in [0.2, 0.25) is 0 Å². The van der Waals surface area contributed by atoms with Gasteiger partial charge >= 0.3 is 0 Å². The Hall–Kier alpha value is -1.15. The van der Waals surface area contributed by atoms with Crippen LogP contribution >= 0.6 is 0 Å². The summed E-state index contributed by atoms with van der Waals surface area (Å²) in [5, 5.41) is 8.99. The van der Waals surface area contributed by atoms with Gasteiger partial charge in [-0.1, -0.05) is 18.2 Å². The van der Waals surface area contributed by atoms with Crippen LogP contribution in [0.3, 0.4) is 0 Å². The third-order valence-corrected chi connectivity index (χ3v) is 2.75. The van der Waals surface area contributed by atoms with E-state index >= 15 is 0 Å². The Morgan fingerprint density at radius 3 is 2.79 bits per heavy atom. The Kier molecular flexibility index (Phi) is 2.64. The van der Waals surface area contributed by atoms with Gasteiger partial charge in [0.15, 0.2) is 5.78 Å². The van der Waals surface area contributed by atoms with Crippen LogP contribution in [-0.2, 0) is 13.0 Å². The van der Waals surface area contributed by atoms with Crippen LogP contribution in [0.15, 0.2) is 18.2 Å². The van der Waals surface area contributed by atoms with Gasteiger partial charge in [0.25, 0.3) is 0 Å². The monoisotopic (exact) mass is 190 g/mol. The molecule has 0 bridgehead atoms. The van der Waals surface area contributed by atoms with Crippen molar-refractivity contribution in [2.24, 2.45) is 0 Å². The molecule has 1 aromatic rings. The molecular formula is C12H14O2. The zero-order chi connectivity index (χ0) is 9.97. The molecule has 0 saturated carbocycles. The fourth-order valence-electron chi connectivity index (χ4n) is 1.96. The van der Waals surface area contributed by atoms with E-state index in [0.717, 1.165) is 36.0 Å². The van der Waals surface area contributed by atoms with Gasteiger partial charge in [0.1, 0.15) is 0 Å². The number of ketones is 1. The first-order chi connectivity index (χ1) is 6.81. The molecular weight excluding hydrogens is 176 g/mol. The fourth-order valence-corrected chi connectivity index (χ4v) is 1.96. The van der Waals surface area contributed by atoms with E-state index in [-0.39, 0.29) is 12.4 Å². The number of aliphatic hydroxyl groups is 1. The summed E-state index contributed by atoms with van der Waals surface area (Å²) in [5.74, 6) is 0.252. The second-order valence-electron chi connectivity index (χ2n) is 3.78. The van der Waals surface area contributed by atoms with Gasteiger partial charge in [0.05, 0.1) is 6.61 Å². The number of benzene rings is 1. The van der Waals surface area contributed by atoms with Crippen LogP contribution in [0.1, 0.15) is 40.7 Å². The van der Waals surface area contributed by atoms with E-state index in [1.807, 2.05) is 18.2 Å². The predicted octanol–water partition coefficient (Wildman–Crippen LogP) is 2.09. The summed E-state index contributed by atoms with van der Waals surface area (Å²) >= 11 is 0. The van der Waals surface area contributed by atoms with Crippen molar-refractivity contribution < 1.29 is 9.90 Å². The Labute approximate surface area is 83.6 Å². The molecule has 1 aliphatic rings. The number of Topliss-reactive ketones (excluding diaryl/α,β-unsaturated/α-hetero) is 1. The lowest BCUT2D eigenvalue weighted by atomic mass is 10.00. The number of hydrogen-bond donors (Lipinski definition) is 1. The molecule has 0 spiro atoms. The van der Waals surface area contributed by atoms with Crippen molar-refractivity contribution in [1.82, 2.24) is 0 Å². The normalized spacial score (nSPS) is 16.2. The van der Waals surface area contributed by atoms with E-state index in [9.17, 15) is 4.79 Å². The molecule has 0 aliphatic heterocycles. The van der Waals surface area contributed by atoms with Crippen LogP contribution in [0.5, 0.6) is 0 Å². The summed E-state index contributed by atoms with van der Waals surface area (Å²) in [6.45, 7) is 0.0570. The summed E-state index contributed by atoms with van der Waals surface area (Å²) in [6, 6.07) is 5.65. The molecule has 14 heavy (non-hydrogen) atoms. The average molecular weight is 190 g/mol. The van der Waals surface area contributed by atoms with Crippen molar-refractivity contribution in [2.45, 2.75) is 32.3 Å². The van der Waals surface area contributed by atoms with Crippen LogP contribution in [0.4, 0.5) is 0 Å². The quantitative estimate of drug-likeness (QED) is 0.688. The standard InChI is InChI=1S/C12H14O2/c13-8-9-5-6-11-10(7-9)3-1-2-4-12(11)14/h5-7,13H,1-4,8H2. The van der Waals surface area contributed by atoms with Gasteiger partial charge in [-0.3, -0.25) is 4.79 Å². The Morgan fingerprint density at radius 1 is 1.21 bits per heavy atom. The zero-order valence-electron chi connectivity index (χ0n) is 8.12. The Bertz CT molecular complexity index is 355. The number of aryl methyl sites for hydroxylation is 1. The SMILES string of the molecule is O=C1CCCCc2cc(CO)ccc21. The highest BCUT2D eigenvalue weighted by atomic mass is 16.3. The van der Waals surface area contributed by atoms with Crippen molar-refractivity contribution in [3.63, 3.8) is 0 Å². The predicted molar refractivity (Wildman–Crippen MR) is 54.3 cm³/mol. The molecule has 0 heterocycles. The maximum Gasteiger partial charge on any atom is 0.163 e. The molecule has 1 aromatic carbocycles. The molecule has 0 fully saturated rings. The van der Waals surface area contributed by atoms with Crippen LogP contribution < -0.4 is 0 Å². The molecule has 2 nitrogen and oxygen atoms in total. The van der Waals surface area contributed by atoms with E-state index in [1.165, 1.54) is 0 Å². The second-order valence-corrected chi connectivity index (χ2v) is 3.78. The Balaban J connectivity index is 2.43. The van der Waals surface area contributed by atoms with Gasteiger partial charge in [0.2, 0.25) is 0 Å². The lowest BCUT2D eigenvalue weighted by Crippen LogP contribution is -2.00. The number of carbonyl (C=O) groups is 1. The van der Waals surface area contributed by atoms with E-state index in [4.69, 9.17) is 5.11 Å². The molecule has 0 aromatic heterocycles. The van der Waals surface area contributed by atoms with Gasteiger partial charge in [-0.05, 0) is 30.4 Å².